The third kappa shape index (κ3) is 2.64. The topological polar surface area (TPSA) is 17.1 Å². The number of unbranched alkanes of at least 4 members (excludes halogenated alkanes) is 4. The minimum atomic E-state index is -0.00917. The molecule has 0 heterocycles. The number of hydrogen-bond acceptors (Lipinski definition) is 1. The summed E-state index contributed by atoms with van der Waals surface area (Å²) in [6, 6.07) is 0. The molecule has 0 aliphatic heterocycles. The minimum absolute atomic E-state index is 0.00917. The van der Waals surface area contributed by atoms with E-state index in [1.54, 1.807) is 0 Å². The monoisotopic (exact) mass is 234 g/mol. The number of fused-ring (bicyclic) bond motifs is 1. The number of carbonyl (C=O) groups is 1. The second-order valence-electron chi connectivity index (χ2n) is 5.84. The molecular formula is C16H26O. The Bertz CT molecular complexity index is 292. The Balaban J connectivity index is 1.84. The summed E-state index contributed by atoms with van der Waals surface area (Å²) < 4.78 is 0. The van der Waals surface area contributed by atoms with E-state index in [0.29, 0.717) is 11.7 Å². The van der Waals surface area contributed by atoms with Crippen LogP contribution < -0.4 is 0 Å². The smallest absolute Gasteiger partial charge is 0.143 e. The maximum absolute atomic E-state index is 12.1. The zero-order valence-electron chi connectivity index (χ0n) is 11.2. The average molecular weight is 234 g/mol. The first-order valence-electron chi connectivity index (χ1n) is 7.50. The van der Waals surface area contributed by atoms with Gasteiger partial charge in [-0.05, 0) is 38.0 Å². The molecular weight excluding hydrogens is 208 g/mol. The molecule has 0 aromatic rings. The number of Topliss-reactive ketones (excluding diaryl/α,β-unsaturated/α-hetero) is 1. The molecule has 2 aliphatic rings. The van der Waals surface area contributed by atoms with Crippen LogP contribution in [0.2, 0.25) is 0 Å². The van der Waals surface area contributed by atoms with Crippen molar-refractivity contribution in [3.63, 3.8) is 0 Å². The van der Waals surface area contributed by atoms with Crippen molar-refractivity contribution < 1.29 is 4.79 Å². The van der Waals surface area contributed by atoms with Gasteiger partial charge in [-0.2, -0.15) is 0 Å². The summed E-state index contributed by atoms with van der Waals surface area (Å²) in [6.07, 6.45) is 16.7. The maximum Gasteiger partial charge on any atom is 0.143 e. The highest BCUT2D eigenvalue weighted by Crippen LogP contribution is 2.53. The highest BCUT2D eigenvalue weighted by Gasteiger charge is 2.50. The van der Waals surface area contributed by atoms with Crippen LogP contribution in [0.1, 0.15) is 71.1 Å². The molecule has 2 atom stereocenters. The molecule has 0 N–H and O–H groups in total. The van der Waals surface area contributed by atoms with Gasteiger partial charge in [0.15, 0.2) is 0 Å². The summed E-state index contributed by atoms with van der Waals surface area (Å²) >= 11 is 0. The fourth-order valence-electron chi connectivity index (χ4n) is 3.70. The molecule has 0 bridgehead atoms. The van der Waals surface area contributed by atoms with E-state index in [0.717, 1.165) is 19.3 Å². The van der Waals surface area contributed by atoms with E-state index in [-0.39, 0.29) is 5.41 Å². The largest absolute Gasteiger partial charge is 0.299 e. The van der Waals surface area contributed by atoms with Gasteiger partial charge >= 0.3 is 0 Å². The minimum Gasteiger partial charge on any atom is -0.299 e. The Kier molecular flexibility index (Phi) is 4.42. The molecule has 0 spiro atoms. The summed E-state index contributed by atoms with van der Waals surface area (Å²) in [4.78, 5) is 12.1. The zero-order valence-corrected chi connectivity index (χ0v) is 11.2. The number of rotatable bonds is 6. The van der Waals surface area contributed by atoms with E-state index in [1.807, 2.05) is 0 Å². The van der Waals surface area contributed by atoms with Crippen molar-refractivity contribution in [1.82, 2.24) is 0 Å². The lowest BCUT2D eigenvalue weighted by Gasteiger charge is -2.23. The average Bonchev–Trinajstić information content (AvgIpc) is 2.86. The Morgan fingerprint density at radius 1 is 1.29 bits per heavy atom. The second-order valence-corrected chi connectivity index (χ2v) is 5.84. The molecule has 0 radical (unpaired) electrons. The molecule has 2 rings (SSSR count). The van der Waals surface area contributed by atoms with Gasteiger partial charge in [-0.3, -0.25) is 4.79 Å². The quantitative estimate of drug-likeness (QED) is 0.482. The maximum atomic E-state index is 12.1. The fraction of sp³-hybridized carbons (Fsp3) is 0.812. The van der Waals surface area contributed by atoms with Gasteiger partial charge in [0.05, 0.1) is 0 Å². The standard InChI is InChI=1S/C16H26O/c1-2-3-4-5-6-7-12-16-13-8-9-14(16)10-11-15(16)17/h7,12,14H,2-6,8-11,13H2,1H3. The number of allylic oxidation sites excluding steroid dienone is 2. The molecule has 17 heavy (non-hydrogen) atoms. The van der Waals surface area contributed by atoms with Crippen LogP contribution in [-0.4, -0.2) is 5.78 Å². The lowest BCUT2D eigenvalue weighted by atomic mass is 9.79. The van der Waals surface area contributed by atoms with Gasteiger partial charge in [-0.15, -0.1) is 0 Å². The van der Waals surface area contributed by atoms with E-state index >= 15 is 0 Å². The summed E-state index contributed by atoms with van der Waals surface area (Å²) in [5.41, 5.74) is -0.00917. The normalized spacial score (nSPS) is 32.5. The fourth-order valence-corrected chi connectivity index (χ4v) is 3.70. The van der Waals surface area contributed by atoms with Gasteiger partial charge in [0.25, 0.3) is 0 Å². The predicted octanol–water partition coefficient (Wildman–Crippen LogP) is 4.66. The third-order valence-corrected chi connectivity index (χ3v) is 4.75. The van der Waals surface area contributed by atoms with Crippen LogP contribution in [0, 0.1) is 11.3 Å². The van der Waals surface area contributed by atoms with Crippen LogP contribution in [0.4, 0.5) is 0 Å². The van der Waals surface area contributed by atoms with Crippen LogP contribution >= 0.6 is 0 Å². The summed E-state index contributed by atoms with van der Waals surface area (Å²) in [5, 5.41) is 0. The van der Waals surface area contributed by atoms with Gasteiger partial charge < -0.3 is 0 Å². The molecule has 0 aromatic carbocycles. The lowest BCUT2D eigenvalue weighted by molar-refractivity contribution is -0.124. The van der Waals surface area contributed by atoms with Crippen molar-refractivity contribution in [2.24, 2.45) is 11.3 Å². The second kappa shape index (κ2) is 5.84. The van der Waals surface area contributed by atoms with E-state index in [9.17, 15) is 4.79 Å². The molecule has 0 amide bonds. The van der Waals surface area contributed by atoms with Crippen molar-refractivity contribution in [3.8, 4) is 0 Å². The van der Waals surface area contributed by atoms with Crippen LogP contribution in [0.25, 0.3) is 0 Å². The van der Waals surface area contributed by atoms with Crippen molar-refractivity contribution in [2.75, 3.05) is 0 Å². The van der Waals surface area contributed by atoms with Crippen molar-refractivity contribution in [1.29, 1.82) is 0 Å². The van der Waals surface area contributed by atoms with Crippen molar-refractivity contribution in [3.05, 3.63) is 12.2 Å². The molecule has 2 saturated carbocycles. The summed E-state index contributed by atoms with van der Waals surface area (Å²) in [5.74, 6) is 1.21. The Labute approximate surface area is 106 Å². The van der Waals surface area contributed by atoms with E-state index < -0.39 is 0 Å². The van der Waals surface area contributed by atoms with Crippen molar-refractivity contribution in [2.45, 2.75) is 71.1 Å². The van der Waals surface area contributed by atoms with E-state index in [1.165, 1.54) is 44.9 Å². The molecule has 1 heteroatoms. The molecule has 0 aromatic heterocycles. The molecule has 2 fully saturated rings. The first-order valence-corrected chi connectivity index (χ1v) is 7.50. The molecule has 96 valence electrons. The Morgan fingerprint density at radius 2 is 2.18 bits per heavy atom. The first-order chi connectivity index (χ1) is 8.29. The van der Waals surface area contributed by atoms with E-state index in [2.05, 4.69) is 19.1 Å². The number of hydrogen-bond donors (Lipinski definition) is 0. The van der Waals surface area contributed by atoms with E-state index in [4.69, 9.17) is 0 Å². The van der Waals surface area contributed by atoms with Crippen LogP contribution in [0.15, 0.2) is 12.2 Å². The molecule has 0 saturated heterocycles. The van der Waals surface area contributed by atoms with Gasteiger partial charge in [0, 0.05) is 11.8 Å². The number of ketones is 1. The third-order valence-electron chi connectivity index (χ3n) is 4.75. The number of carbonyl (C=O) groups excluding carboxylic acids is 1. The molecule has 2 aliphatic carbocycles. The highest BCUT2D eigenvalue weighted by atomic mass is 16.1. The van der Waals surface area contributed by atoms with Crippen LogP contribution in [0.3, 0.4) is 0 Å². The Hall–Kier alpha value is -0.590. The Morgan fingerprint density at radius 3 is 3.00 bits per heavy atom. The van der Waals surface area contributed by atoms with Gasteiger partial charge in [0.2, 0.25) is 0 Å². The van der Waals surface area contributed by atoms with Gasteiger partial charge in [-0.25, -0.2) is 0 Å². The first kappa shape index (κ1) is 12.9. The summed E-state index contributed by atoms with van der Waals surface area (Å²) in [6.45, 7) is 2.25. The van der Waals surface area contributed by atoms with Crippen LogP contribution in [0.5, 0.6) is 0 Å². The van der Waals surface area contributed by atoms with Gasteiger partial charge in [0.1, 0.15) is 5.78 Å². The van der Waals surface area contributed by atoms with Crippen LogP contribution in [-0.2, 0) is 4.79 Å². The predicted molar refractivity (Wildman–Crippen MR) is 71.9 cm³/mol. The van der Waals surface area contributed by atoms with Gasteiger partial charge in [-0.1, -0.05) is 44.8 Å². The lowest BCUT2D eigenvalue weighted by Crippen LogP contribution is -2.25. The molecule has 1 nitrogen and oxygen atoms in total. The molecule has 2 unspecified atom stereocenters. The van der Waals surface area contributed by atoms with Crippen molar-refractivity contribution >= 4 is 5.78 Å². The SMILES string of the molecule is CCCCCCC=CC12CCCC1CCC2=O. The summed E-state index contributed by atoms with van der Waals surface area (Å²) in [7, 11) is 0. The highest BCUT2D eigenvalue weighted by molar-refractivity contribution is 5.89. The zero-order chi connectivity index (χ0) is 12.1.